The number of nitrogen functional groups attached to an aromatic ring is 1. The molecule has 0 spiro atoms. The molecule has 0 saturated carbocycles. The Morgan fingerprint density at radius 1 is 1.10 bits per heavy atom. The highest BCUT2D eigenvalue weighted by Crippen LogP contribution is 2.26. The highest BCUT2D eigenvalue weighted by atomic mass is 19.1. The van der Waals surface area contributed by atoms with Crippen LogP contribution in [0.3, 0.4) is 0 Å². The van der Waals surface area contributed by atoms with Crippen LogP contribution in [0.25, 0.3) is 16.9 Å². The molecule has 0 unspecified atom stereocenters. The van der Waals surface area contributed by atoms with E-state index in [0.29, 0.717) is 17.1 Å². The van der Waals surface area contributed by atoms with Crippen LogP contribution >= 0.6 is 0 Å². The Morgan fingerprint density at radius 2 is 1.85 bits per heavy atom. The van der Waals surface area contributed by atoms with Gasteiger partial charge in [-0.25, -0.2) is 4.39 Å². The zero-order valence-corrected chi connectivity index (χ0v) is 10.9. The van der Waals surface area contributed by atoms with Crippen molar-refractivity contribution in [1.82, 2.24) is 15.0 Å². The molecule has 0 radical (unpaired) electrons. The number of nitrogens with zero attached hydrogens (tertiary/aromatic N) is 3. The van der Waals surface area contributed by atoms with Gasteiger partial charge in [-0.05, 0) is 42.8 Å². The van der Waals surface area contributed by atoms with Gasteiger partial charge in [0.1, 0.15) is 11.5 Å². The standard InChI is InChI=1S/C15H13FN4/c1-10-9-11(7-8-13(10)16)14-15(17)20(19-18-14)12-5-3-2-4-6-12/h2-9H,17H2,1H3. The summed E-state index contributed by atoms with van der Waals surface area (Å²) >= 11 is 0. The van der Waals surface area contributed by atoms with E-state index in [2.05, 4.69) is 10.3 Å². The van der Waals surface area contributed by atoms with Crippen molar-refractivity contribution in [3.8, 4) is 16.9 Å². The van der Waals surface area contributed by atoms with Crippen LogP contribution in [0.2, 0.25) is 0 Å². The number of benzene rings is 2. The highest BCUT2D eigenvalue weighted by molar-refractivity contribution is 5.71. The third-order valence-electron chi connectivity index (χ3n) is 3.14. The molecular weight excluding hydrogens is 255 g/mol. The summed E-state index contributed by atoms with van der Waals surface area (Å²) in [4.78, 5) is 0. The number of anilines is 1. The van der Waals surface area contributed by atoms with Gasteiger partial charge < -0.3 is 5.73 Å². The quantitative estimate of drug-likeness (QED) is 0.777. The van der Waals surface area contributed by atoms with E-state index < -0.39 is 0 Å². The third kappa shape index (κ3) is 2.03. The summed E-state index contributed by atoms with van der Waals surface area (Å²) < 4.78 is 14.9. The number of para-hydroxylation sites is 1. The van der Waals surface area contributed by atoms with E-state index in [1.54, 1.807) is 23.7 Å². The molecule has 0 atom stereocenters. The molecule has 0 aliphatic carbocycles. The molecular formula is C15H13FN4. The summed E-state index contributed by atoms with van der Waals surface area (Å²) in [6.45, 7) is 1.71. The summed E-state index contributed by atoms with van der Waals surface area (Å²) in [6, 6.07) is 14.3. The first-order valence-corrected chi connectivity index (χ1v) is 6.20. The zero-order valence-electron chi connectivity index (χ0n) is 10.9. The van der Waals surface area contributed by atoms with Gasteiger partial charge in [0.15, 0.2) is 5.82 Å². The lowest BCUT2D eigenvalue weighted by Crippen LogP contribution is -2.02. The maximum atomic E-state index is 13.3. The molecule has 1 aromatic heterocycles. The molecule has 20 heavy (non-hydrogen) atoms. The fraction of sp³-hybridized carbons (Fsp3) is 0.0667. The molecule has 5 heteroatoms. The van der Waals surface area contributed by atoms with Gasteiger partial charge in [-0.3, -0.25) is 0 Å². The van der Waals surface area contributed by atoms with E-state index >= 15 is 0 Å². The second-order valence-electron chi connectivity index (χ2n) is 4.53. The first-order chi connectivity index (χ1) is 9.66. The lowest BCUT2D eigenvalue weighted by atomic mass is 10.1. The largest absolute Gasteiger partial charge is 0.382 e. The van der Waals surface area contributed by atoms with Gasteiger partial charge in [0, 0.05) is 5.56 Å². The van der Waals surface area contributed by atoms with Crippen LogP contribution in [-0.2, 0) is 0 Å². The van der Waals surface area contributed by atoms with Gasteiger partial charge in [-0.1, -0.05) is 23.4 Å². The van der Waals surface area contributed by atoms with Crippen molar-refractivity contribution in [2.75, 3.05) is 5.73 Å². The molecule has 1 heterocycles. The predicted octanol–water partition coefficient (Wildman–Crippen LogP) is 2.96. The molecule has 0 saturated heterocycles. The van der Waals surface area contributed by atoms with E-state index in [9.17, 15) is 4.39 Å². The van der Waals surface area contributed by atoms with Crippen LogP contribution in [0.15, 0.2) is 48.5 Å². The minimum absolute atomic E-state index is 0.247. The first-order valence-electron chi connectivity index (χ1n) is 6.20. The smallest absolute Gasteiger partial charge is 0.155 e. The molecule has 3 aromatic rings. The molecule has 0 amide bonds. The molecule has 2 aromatic carbocycles. The third-order valence-corrected chi connectivity index (χ3v) is 3.14. The minimum Gasteiger partial charge on any atom is -0.382 e. The summed E-state index contributed by atoms with van der Waals surface area (Å²) in [5.41, 5.74) is 8.79. The second-order valence-corrected chi connectivity index (χ2v) is 4.53. The number of halogens is 1. The van der Waals surface area contributed by atoms with Crippen LogP contribution in [0.4, 0.5) is 10.2 Å². The second kappa shape index (κ2) is 4.77. The minimum atomic E-state index is -0.247. The highest BCUT2D eigenvalue weighted by Gasteiger charge is 2.13. The van der Waals surface area contributed by atoms with E-state index in [-0.39, 0.29) is 5.82 Å². The van der Waals surface area contributed by atoms with E-state index in [4.69, 9.17) is 5.73 Å². The van der Waals surface area contributed by atoms with Crippen LogP contribution in [0, 0.1) is 12.7 Å². The molecule has 2 N–H and O–H groups in total. The Labute approximate surface area is 115 Å². The number of hydrogen-bond donors (Lipinski definition) is 1. The monoisotopic (exact) mass is 268 g/mol. The maximum absolute atomic E-state index is 13.3. The van der Waals surface area contributed by atoms with Crippen LogP contribution in [0.5, 0.6) is 0 Å². The van der Waals surface area contributed by atoms with Gasteiger partial charge in [0.05, 0.1) is 5.69 Å². The molecule has 4 nitrogen and oxygen atoms in total. The fourth-order valence-electron chi connectivity index (χ4n) is 2.05. The lowest BCUT2D eigenvalue weighted by molar-refractivity contribution is 0.619. The van der Waals surface area contributed by atoms with Gasteiger partial charge in [-0.15, -0.1) is 5.10 Å². The normalized spacial score (nSPS) is 10.7. The van der Waals surface area contributed by atoms with Crippen molar-refractivity contribution in [2.24, 2.45) is 0 Å². The average Bonchev–Trinajstić information content (AvgIpc) is 2.85. The Hall–Kier alpha value is -2.69. The van der Waals surface area contributed by atoms with Gasteiger partial charge in [-0.2, -0.15) is 4.68 Å². The number of hydrogen-bond acceptors (Lipinski definition) is 3. The summed E-state index contributed by atoms with van der Waals surface area (Å²) in [6.07, 6.45) is 0. The fourth-order valence-corrected chi connectivity index (χ4v) is 2.05. The Balaban J connectivity index is 2.08. The maximum Gasteiger partial charge on any atom is 0.155 e. The van der Waals surface area contributed by atoms with Crippen LogP contribution in [-0.4, -0.2) is 15.0 Å². The van der Waals surface area contributed by atoms with Crippen molar-refractivity contribution in [3.63, 3.8) is 0 Å². The van der Waals surface area contributed by atoms with Crippen molar-refractivity contribution in [1.29, 1.82) is 0 Å². The molecule has 3 rings (SSSR count). The van der Waals surface area contributed by atoms with Crippen molar-refractivity contribution in [2.45, 2.75) is 6.92 Å². The lowest BCUT2D eigenvalue weighted by Gasteiger charge is -2.04. The molecule has 0 bridgehead atoms. The van der Waals surface area contributed by atoms with E-state index in [1.807, 2.05) is 30.3 Å². The molecule has 100 valence electrons. The summed E-state index contributed by atoms with van der Waals surface area (Å²) in [7, 11) is 0. The SMILES string of the molecule is Cc1cc(-c2nnn(-c3ccccc3)c2N)ccc1F. The summed E-state index contributed by atoms with van der Waals surface area (Å²) in [5, 5.41) is 8.16. The van der Waals surface area contributed by atoms with Gasteiger partial charge >= 0.3 is 0 Å². The van der Waals surface area contributed by atoms with Crippen molar-refractivity contribution < 1.29 is 4.39 Å². The molecule has 0 aliphatic heterocycles. The number of rotatable bonds is 2. The predicted molar refractivity (Wildman–Crippen MR) is 75.9 cm³/mol. The topological polar surface area (TPSA) is 56.7 Å². The molecule has 0 fully saturated rings. The first kappa shape index (κ1) is 12.3. The van der Waals surface area contributed by atoms with Crippen LogP contribution in [0.1, 0.15) is 5.56 Å². The number of nitrogens with two attached hydrogens (primary N) is 1. The van der Waals surface area contributed by atoms with E-state index in [0.717, 1.165) is 11.3 Å². The Morgan fingerprint density at radius 3 is 2.55 bits per heavy atom. The number of aryl methyl sites for hydroxylation is 1. The zero-order chi connectivity index (χ0) is 14.1. The van der Waals surface area contributed by atoms with Gasteiger partial charge in [0.25, 0.3) is 0 Å². The number of aromatic nitrogens is 3. The Kier molecular flexibility index (Phi) is 2.95. The van der Waals surface area contributed by atoms with Crippen LogP contribution < -0.4 is 5.73 Å². The van der Waals surface area contributed by atoms with Crippen molar-refractivity contribution in [3.05, 3.63) is 59.9 Å². The molecule has 0 aliphatic rings. The van der Waals surface area contributed by atoms with Crippen molar-refractivity contribution >= 4 is 5.82 Å². The van der Waals surface area contributed by atoms with Gasteiger partial charge in [0.2, 0.25) is 0 Å². The average molecular weight is 268 g/mol. The summed E-state index contributed by atoms with van der Waals surface area (Å²) in [5.74, 6) is 0.185. The van der Waals surface area contributed by atoms with E-state index in [1.165, 1.54) is 6.07 Å². The Bertz CT molecular complexity index is 750.